The van der Waals surface area contributed by atoms with Crippen molar-refractivity contribution in [2.75, 3.05) is 7.05 Å². The van der Waals surface area contributed by atoms with Crippen LogP contribution in [0, 0.1) is 22.9 Å². The molecular weight excluding hydrogens is 279 g/mol. The minimum absolute atomic E-state index is 0.139. The lowest BCUT2D eigenvalue weighted by Crippen LogP contribution is -2.26. The second-order valence-electron chi connectivity index (χ2n) is 4.59. The van der Waals surface area contributed by atoms with Crippen LogP contribution in [-0.2, 0) is 6.54 Å². The number of rotatable bonds is 4. The fourth-order valence-electron chi connectivity index (χ4n) is 1.92. The number of nitro benzene ring substituents is 1. The van der Waals surface area contributed by atoms with Gasteiger partial charge in [-0.3, -0.25) is 14.9 Å². The number of carbonyl (C=O) groups is 1. The molecule has 2 aromatic rings. The van der Waals surface area contributed by atoms with Crippen LogP contribution in [0.5, 0.6) is 0 Å². The number of halogens is 1. The number of amides is 1. The number of carbonyl (C=O) groups excluding carboxylic acids is 1. The predicted octanol–water partition coefficient (Wildman–Crippen LogP) is 2.91. The zero-order valence-electron chi connectivity index (χ0n) is 11.5. The molecule has 21 heavy (non-hydrogen) atoms. The molecule has 1 aromatic carbocycles. The Hall–Kier alpha value is -2.70. The van der Waals surface area contributed by atoms with Gasteiger partial charge in [-0.2, -0.15) is 0 Å². The first kappa shape index (κ1) is 14.7. The molecule has 1 aromatic heterocycles. The number of hydrogen-bond acceptors (Lipinski definition) is 4. The topological polar surface area (TPSA) is 76.6 Å². The Morgan fingerprint density at radius 1 is 1.38 bits per heavy atom. The van der Waals surface area contributed by atoms with Crippen LogP contribution in [0.25, 0.3) is 0 Å². The van der Waals surface area contributed by atoms with Gasteiger partial charge in [0.15, 0.2) is 0 Å². The summed E-state index contributed by atoms with van der Waals surface area (Å²) in [7, 11) is 1.47. The van der Waals surface area contributed by atoms with Gasteiger partial charge in [-0.1, -0.05) is 0 Å². The van der Waals surface area contributed by atoms with Crippen LogP contribution in [0.1, 0.15) is 21.9 Å². The summed E-state index contributed by atoms with van der Waals surface area (Å²) in [6.45, 7) is 1.91. The van der Waals surface area contributed by atoms with E-state index < -0.39 is 22.3 Å². The Morgan fingerprint density at radius 3 is 2.67 bits per heavy atom. The molecule has 0 aliphatic carbocycles. The molecule has 0 aliphatic heterocycles. The molecule has 110 valence electrons. The van der Waals surface area contributed by atoms with Crippen molar-refractivity contribution in [1.82, 2.24) is 4.90 Å². The van der Waals surface area contributed by atoms with Crippen LogP contribution in [0.4, 0.5) is 10.1 Å². The molecule has 6 nitrogen and oxygen atoms in total. The second kappa shape index (κ2) is 5.74. The zero-order chi connectivity index (χ0) is 15.6. The minimum Gasteiger partial charge on any atom is -0.464 e. The van der Waals surface area contributed by atoms with E-state index in [1.165, 1.54) is 11.9 Å². The Kier molecular flexibility index (Phi) is 4.02. The van der Waals surface area contributed by atoms with E-state index in [1.807, 2.05) is 0 Å². The van der Waals surface area contributed by atoms with Crippen LogP contribution in [0.2, 0.25) is 0 Å². The van der Waals surface area contributed by atoms with Crippen molar-refractivity contribution >= 4 is 11.6 Å². The first-order valence-electron chi connectivity index (χ1n) is 6.13. The van der Waals surface area contributed by atoms with Crippen molar-refractivity contribution in [3.63, 3.8) is 0 Å². The Balaban J connectivity index is 2.26. The summed E-state index contributed by atoms with van der Waals surface area (Å²) in [5.74, 6) is -0.105. The van der Waals surface area contributed by atoms with Crippen molar-refractivity contribution < 1.29 is 18.5 Å². The maximum Gasteiger partial charge on any atom is 0.282 e. The fraction of sp³-hybridized carbons (Fsp3) is 0.214. The lowest BCUT2D eigenvalue weighted by Gasteiger charge is -2.15. The summed E-state index contributed by atoms with van der Waals surface area (Å²) in [4.78, 5) is 23.7. The number of hydrogen-bond donors (Lipinski definition) is 0. The second-order valence-corrected chi connectivity index (χ2v) is 4.59. The Bertz CT molecular complexity index is 696. The van der Waals surface area contributed by atoms with Gasteiger partial charge < -0.3 is 9.32 Å². The van der Waals surface area contributed by atoms with Gasteiger partial charge in [0.05, 0.1) is 11.5 Å². The molecule has 7 heteroatoms. The number of benzene rings is 1. The van der Waals surface area contributed by atoms with E-state index in [2.05, 4.69) is 0 Å². The van der Waals surface area contributed by atoms with Gasteiger partial charge >= 0.3 is 0 Å². The highest BCUT2D eigenvalue weighted by Gasteiger charge is 2.24. The van der Waals surface area contributed by atoms with Crippen LogP contribution in [0.3, 0.4) is 0 Å². The molecule has 0 spiro atoms. The maximum atomic E-state index is 13.3. The zero-order valence-corrected chi connectivity index (χ0v) is 11.5. The molecule has 0 saturated carbocycles. The van der Waals surface area contributed by atoms with E-state index in [1.54, 1.807) is 19.1 Å². The molecule has 0 saturated heterocycles. The molecule has 0 fully saturated rings. The predicted molar refractivity (Wildman–Crippen MR) is 72.3 cm³/mol. The van der Waals surface area contributed by atoms with E-state index in [4.69, 9.17) is 4.42 Å². The summed E-state index contributed by atoms with van der Waals surface area (Å²) < 4.78 is 18.6. The van der Waals surface area contributed by atoms with E-state index in [-0.39, 0.29) is 12.1 Å². The van der Waals surface area contributed by atoms with Gasteiger partial charge in [0.25, 0.3) is 11.6 Å². The summed E-state index contributed by atoms with van der Waals surface area (Å²) in [6.07, 6.45) is 0. The highest BCUT2D eigenvalue weighted by atomic mass is 19.1. The van der Waals surface area contributed by atoms with E-state index in [0.29, 0.717) is 11.5 Å². The smallest absolute Gasteiger partial charge is 0.282 e. The number of furan rings is 1. The maximum absolute atomic E-state index is 13.3. The Labute approximate surface area is 119 Å². The van der Waals surface area contributed by atoms with Gasteiger partial charge in [-0.05, 0) is 31.2 Å². The molecule has 0 atom stereocenters. The number of aryl methyl sites for hydroxylation is 1. The van der Waals surface area contributed by atoms with Crippen molar-refractivity contribution in [2.45, 2.75) is 13.5 Å². The summed E-state index contributed by atoms with van der Waals surface area (Å²) in [6, 6.07) is 6.25. The molecular formula is C14H13FN2O4. The molecule has 0 N–H and O–H groups in total. The number of nitrogens with zero attached hydrogens (tertiary/aromatic N) is 2. The van der Waals surface area contributed by atoms with Crippen LogP contribution in [0.15, 0.2) is 34.7 Å². The van der Waals surface area contributed by atoms with Gasteiger partial charge in [-0.15, -0.1) is 0 Å². The minimum atomic E-state index is -0.711. The van der Waals surface area contributed by atoms with E-state index in [9.17, 15) is 19.3 Å². The average Bonchev–Trinajstić information content (AvgIpc) is 2.82. The van der Waals surface area contributed by atoms with E-state index in [0.717, 1.165) is 18.2 Å². The lowest BCUT2D eigenvalue weighted by atomic mass is 10.1. The van der Waals surface area contributed by atoms with Crippen LogP contribution < -0.4 is 0 Å². The molecule has 1 heterocycles. The highest BCUT2D eigenvalue weighted by Crippen LogP contribution is 2.21. The third kappa shape index (κ3) is 3.25. The average molecular weight is 292 g/mol. The molecule has 0 radical (unpaired) electrons. The van der Waals surface area contributed by atoms with Crippen molar-refractivity contribution in [2.24, 2.45) is 0 Å². The normalized spacial score (nSPS) is 10.4. The van der Waals surface area contributed by atoms with Crippen molar-refractivity contribution in [3.8, 4) is 0 Å². The van der Waals surface area contributed by atoms with Gasteiger partial charge in [0.2, 0.25) is 0 Å². The third-order valence-corrected chi connectivity index (χ3v) is 2.92. The summed E-state index contributed by atoms with van der Waals surface area (Å²) in [5.41, 5.74) is -0.713. The van der Waals surface area contributed by atoms with Gasteiger partial charge in [-0.25, -0.2) is 4.39 Å². The van der Waals surface area contributed by atoms with E-state index >= 15 is 0 Å². The van der Waals surface area contributed by atoms with Crippen LogP contribution in [-0.4, -0.2) is 22.8 Å². The lowest BCUT2D eigenvalue weighted by molar-refractivity contribution is -0.385. The monoisotopic (exact) mass is 292 g/mol. The van der Waals surface area contributed by atoms with Gasteiger partial charge in [0.1, 0.15) is 22.9 Å². The first-order chi connectivity index (χ1) is 9.88. The fourth-order valence-corrected chi connectivity index (χ4v) is 1.92. The third-order valence-electron chi connectivity index (χ3n) is 2.92. The standard InChI is InChI=1S/C14H13FN2O4/c1-9-3-5-11(21-9)8-16(2)14(18)12-7-10(15)4-6-13(12)17(19)20/h3-7H,8H2,1-2H3. The summed E-state index contributed by atoms with van der Waals surface area (Å²) >= 11 is 0. The molecule has 0 bridgehead atoms. The molecule has 1 amide bonds. The Morgan fingerprint density at radius 2 is 2.10 bits per heavy atom. The van der Waals surface area contributed by atoms with Gasteiger partial charge in [0, 0.05) is 13.1 Å². The molecule has 2 rings (SSSR count). The largest absolute Gasteiger partial charge is 0.464 e. The number of nitro groups is 1. The van der Waals surface area contributed by atoms with Crippen molar-refractivity contribution in [1.29, 1.82) is 0 Å². The molecule has 0 aliphatic rings. The van der Waals surface area contributed by atoms with Crippen molar-refractivity contribution in [3.05, 3.63) is 63.3 Å². The van der Waals surface area contributed by atoms with Crippen LogP contribution >= 0.6 is 0 Å². The SMILES string of the molecule is Cc1ccc(CN(C)C(=O)c2cc(F)ccc2[N+](=O)[O-])o1. The highest BCUT2D eigenvalue weighted by molar-refractivity contribution is 5.97. The first-order valence-corrected chi connectivity index (χ1v) is 6.13. The quantitative estimate of drug-likeness (QED) is 0.641. The molecule has 0 unspecified atom stereocenters. The summed E-state index contributed by atoms with van der Waals surface area (Å²) in [5, 5.41) is 10.9.